The molecule has 118 valence electrons. The van der Waals surface area contributed by atoms with Crippen LogP contribution in [0.4, 0.5) is 11.6 Å². The van der Waals surface area contributed by atoms with Gasteiger partial charge in [0.15, 0.2) is 5.82 Å². The topological polar surface area (TPSA) is 53.5 Å². The monoisotopic (exact) mass is 293 g/mol. The van der Waals surface area contributed by atoms with Crippen molar-refractivity contribution in [3.05, 3.63) is 11.9 Å². The van der Waals surface area contributed by atoms with Crippen molar-refractivity contribution in [1.29, 1.82) is 0 Å². The van der Waals surface area contributed by atoms with Crippen molar-refractivity contribution in [1.82, 2.24) is 14.9 Å². The number of anilines is 2. The van der Waals surface area contributed by atoms with E-state index < -0.39 is 0 Å². The number of rotatable bonds is 4. The minimum Gasteiger partial charge on any atom is -0.377 e. The van der Waals surface area contributed by atoms with Crippen LogP contribution >= 0.6 is 0 Å². The maximum Gasteiger partial charge on any atom is 0.158 e. The second-order valence-electron chi connectivity index (χ2n) is 6.36. The SMILES string of the molecule is CNc1cc(N2CCN(C(C)(C)C)CC2)nc(COC)n1. The maximum absolute atomic E-state index is 5.15. The molecule has 0 atom stereocenters. The lowest BCUT2D eigenvalue weighted by atomic mass is 10.1. The van der Waals surface area contributed by atoms with Crippen LogP contribution in [0.2, 0.25) is 0 Å². The molecule has 1 aromatic rings. The summed E-state index contributed by atoms with van der Waals surface area (Å²) in [5, 5.41) is 3.09. The molecule has 0 aromatic carbocycles. The van der Waals surface area contributed by atoms with Crippen LogP contribution in [0.15, 0.2) is 6.07 Å². The molecule has 0 saturated carbocycles. The maximum atomic E-state index is 5.15. The molecule has 2 rings (SSSR count). The Hall–Kier alpha value is -1.40. The Bertz CT molecular complexity index is 464. The van der Waals surface area contributed by atoms with Gasteiger partial charge in [-0.1, -0.05) is 0 Å². The van der Waals surface area contributed by atoms with Crippen molar-refractivity contribution in [2.24, 2.45) is 0 Å². The molecule has 0 unspecified atom stereocenters. The first kappa shape index (κ1) is 16.0. The van der Waals surface area contributed by atoms with E-state index in [1.807, 2.05) is 13.1 Å². The zero-order valence-electron chi connectivity index (χ0n) is 13.8. The molecule has 1 aliphatic heterocycles. The Morgan fingerprint density at radius 2 is 1.86 bits per heavy atom. The average Bonchev–Trinajstić information content (AvgIpc) is 2.46. The van der Waals surface area contributed by atoms with Gasteiger partial charge in [0.05, 0.1) is 0 Å². The molecule has 6 heteroatoms. The number of hydrogen-bond donors (Lipinski definition) is 1. The Kier molecular flexibility index (Phi) is 5.00. The van der Waals surface area contributed by atoms with E-state index in [2.05, 4.69) is 45.9 Å². The molecule has 21 heavy (non-hydrogen) atoms. The third-order valence-corrected chi connectivity index (χ3v) is 3.84. The second-order valence-corrected chi connectivity index (χ2v) is 6.36. The zero-order chi connectivity index (χ0) is 15.5. The van der Waals surface area contributed by atoms with Crippen LogP contribution in [0, 0.1) is 0 Å². The average molecular weight is 293 g/mol. The van der Waals surface area contributed by atoms with Crippen LogP contribution in [0.25, 0.3) is 0 Å². The molecule has 2 heterocycles. The van der Waals surface area contributed by atoms with Crippen LogP contribution in [-0.2, 0) is 11.3 Å². The second kappa shape index (κ2) is 6.58. The summed E-state index contributed by atoms with van der Waals surface area (Å²) < 4.78 is 5.15. The number of aromatic nitrogens is 2. The third kappa shape index (κ3) is 4.04. The van der Waals surface area contributed by atoms with Gasteiger partial charge in [-0.25, -0.2) is 9.97 Å². The van der Waals surface area contributed by atoms with Crippen LogP contribution in [0.5, 0.6) is 0 Å². The highest BCUT2D eigenvalue weighted by atomic mass is 16.5. The highest BCUT2D eigenvalue weighted by Crippen LogP contribution is 2.21. The molecular formula is C15H27N5O. The fourth-order valence-electron chi connectivity index (χ4n) is 2.57. The van der Waals surface area contributed by atoms with Crippen molar-refractivity contribution in [3.63, 3.8) is 0 Å². The van der Waals surface area contributed by atoms with E-state index in [1.54, 1.807) is 7.11 Å². The smallest absolute Gasteiger partial charge is 0.158 e. The summed E-state index contributed by atoms with van der Waals surface area (Å²) in [6.07, 6.45) is 0. The van der Waals surface area contributed by atoms with E-state index in [-0.39, 0.29) is 5.54 Å². The van der Waals surface area contributed by atoms with Crippen LogP contribution < -0.4 is 10.2 Å². The predicted octanol–water partition coefficient (Wildman–Crippen LogP) is 1.59. The van der Waals surface area contributed by atoms with Gasteiger partial charge in [0.25, 0.3) is 0 Å². The summed E-state index contributed by atoms with van der Waals surface area (Å²) >= 11 is 0. The summed E-state index contributed by atoms with van der Waals surface area (Å²) in [5.74, 6) is 2.54. The van der Waals surface area contributed by atoms with Gasteiger partial charge < -0.3 is 15.0 Å². The summed E-state index contributed by atoms with van der Waals surface area (Å²) in [4.78, 5) is 13.9. The van der Waals surface area contributed by atoms with Crippen LogP contribution in [0.3, 0.4) is 0 Å². The van der Waals surface area contributed by atoms with Gasteiger partial charge in [-0.05, 0) is 20.8 Å². The van der Waals surface area contributed by atoms with Crippen molar-refractivity contribution < 1.29 is 4.74 Å². The molecule has 1 saturated heterocycles. The normalized spacial score (nSPS) is 17.1. The van der Waals surface area contributed by atoms with E-state index >= 15 is 0 Å². The number of hydrogen-bond acceptors (Lipinski definition) is 6. The number of nitrogens with zero attached hydrogens (tertiary/aromatic N) is 4. The quantitative estimate of drug-likeness (QED) is 0.910. The molecule has 1 fully saturated rings. The van der Waals surface area contributed by atoms with Crippen LogP contribution in [0.1, 0.15) is 26.6 Å². The minimum atomic E-state index is 0.231. The molecule has 0 aliphatic carbocycles. The Balaban J connectivity index is 2.10. The van der Waals surface area contributed by atoms with Gasteiger partial charge in [0.1, 0.15) is 18.2 Å². The van der Waals surface area contributed by atoms with Gasteiger partial charge in [-0.15, -0.1) is 0 Å². The van der Waals surface area contributed by atoms with Gasteiger partial charge in [0, 0.05) is 51.9 Å². The molecule has 6 nitrogen and oxygen atoms in total. The summed E-state index contributed by atoms with van der Waals surface area (Å²) in [6, 6.07) is 2.01. The van der Waals surface area contributed by atoms with E-state index in [0.29, 0.717) is 6.61 Å². The van der Waals surface area contributed by atoms with Crippen molar-refractivity contribution in [2.75, 3.05) is 50.6 Å². The molecule has 0 amide bonds. The summed E-state index contributed by atoms with van der Waals surface area (Å²) in [7, 11) is 3.54. The largest absolute Gasteiger partial charge is 0.377 e. The molecule has 0 bridgehead atoms. The van der Waals surface area contributed by atoms with E-state index in [1.165, 1.54) is 0 Å². The number of piperazine rings is 1. The standard InChI is InChI=1S/C15H27N5O/c1-15(2,3)20-8-6-19(7-9-20)14-10-12(16-4)17-13(18-14)11-21-5/h10H,6-9,11H2,1-5H3,(H,16,17,18). The first-order valence-electron chi connectivity index (χ1n) is 7.48. The van der Waals surface area contributed by atoms with E-state index in [4.69, 9.17) is 4.74 Å². The van der Waals surface area contributed by atoms with Crippen LogP contribution in [-0.4, -0.2) is 60.7 Å². The first-order valence-corrected chi connectivity index (χ1v) is 7.48. The molecule has 0 spiro atoms. The van der Waals surface area contributed by atoms with Crippen molar-refractivity contribution >= 4 is 11.6 Å². The zero-order valence-corrected chi connectivity index (χ0v) is 13.8. The summed E-state index contributed by atoms with van der Waals surface area (Å²) in [6.45, 7) is 11.3. The first-order chi connectivity index (χ1) is 9.94. The Morgan fingerprint density at radius 3 is 2.38 bits per heavy atom. The lowest BCUT2D eigenvalue weighted by Crippen LogP contribution is -2.53. The van der Waals surface area contributed by atoms with E-state index in [0.717, 1.165) is 43.6 Å². The Morgan fingerprint density at radius 1 is 1.19 bits per heavy atom. The van der Waals surface area contributed by atoms with Gasteiger partial charge in [-0.2, -0.15) is 0 Å². The number of nitrogens with one attached hydrogen (secondary N) is 1. The Labute approximate surface area is 127 Å². The highest BCUT2D eigenvalue weighted by Gasteiger charge is 2.26. The highest BCUT2D eigenvalue weighted by molar-refractivity contribution is 5.49. The van der Waals surface area contributed by atoms with Gasteiger partial charge in [0.2, 0.25) is 0 Å². The molecule has 1 N–H and O–H groups in total. The lowest BCUT2D eigenvalue weighted by molar-refractivity contribution is 0.128. The predicted molar refractivity (Wildman–Crippen MR) is 85.8 cm³/mol. The molecular weight excluding hydrogens is 266 g/mol. The third-order valence-electron chi connectivity index (χ3n) is 3.84. The molecule has 1 aromatic heterocycles. The molecule has 1 aliphatic rings. The summed E-state index contributed by atoms with van der Waals surface area (Å²) in [5.41, 5.74) is 0.231. The number of methoxy groups -OCH3 is 1. The lowest BCUT2D eigenvalue weighted by Gasteiger charge is -2.42. The van der Waals surface area contributed by atoms with Gasteiger partial charge in [-0.3, -0.25) is 4.90 Å². The van der Waals surface area contributed by atoms with Crippen molar-refractivity contribution in [2.45, 2.75) is 32.9 Å². The fraction of sp³-hybridized carbons (Fsp3) is 0.733. The van der Waals surface area contributed by atoms with Crippen molar-refractivity contribution in [3.8, 4) is 0 Å². The van der Waals surface area contributed by atoms with Gasteiger partial charge >= 0.3 is 0 Å². The van der Waals surface area contributed by atoms with E-state index in [9.17, 15) is 0 Å². The number of ether oxygens (including phenoxy) is 1. The molecule has 0 radical (unpaired) electrons. The minimum absolute atomic E-state index is 0.231. The fourth-order valence-corrected chi connectivity index (χ4v) is 2.57.